The number of carbonyl (C=O) groups is 1. The molecule has 2 atom stereocenters. The van der Waals surface area contributed by atoms with Gasteiger partial charge in [-0.1, -0.05) is 12.1 Å². The molecule has 1 aromatic carbocycles. The van der Waals surface area contributed by atoms with Gasteiger partial charge < -0.3 is 29.6 Å². The first-order valence-electron chi connectivity index (χ1n) is 12.1. The number of amides is 1. The highest BCUT2D eigenvalue weighted by Crippen LogP contribution is 2.43. The Bertz CT molecular complexity index is 1410. The standard InChI is InChI=1S/C28H28N6O3S/c1-36-18-25(35)31-22-15-20(10-11-24(22)37-2)34-27(26(32-28(34)38)21-8-3-4-13-30-21)23-9-6-14-33(23)17-19-7-5-12-29-16-19/h3-16,26-27H,17-18H2,1-2H3,(H,31,35)(H,32,38)/t26-,27+/m1/s1. The van der Waals surface area contributed by atoms with E-state index in [9.17, 15) is 4.79 Å². The lowest BCUT2D eigenvalue weighted by atomic mass is 10.0. The molecule has 1 aliphatic heterocycles. The van der Waals surface area contributed by atoms with Crippen LogP contribution in [0.25, 0.3) is 0 Å². The van der Waals surface area contributed by atoms with Gasteiger partial charge in [0.2, 0.25) is 5.91 Å². The van der Waals surface area contributed by atoms with E-state index in [-0.39, 0.29) is 24.6 Å². The Balaban J connectivity index is 1.58. The van der Waals surface area contributed by atoms with E-state index in [1.807, 2.05) is 54.7 Å². The summed E-state index contributed by atoms with van der Waals surface area (Å²) in [6, 6.07) is 19.2. The van der Waals surface area contributed by atoms with Gasteiger partial charge in [0.05, 0.1) is 24.5 Å². The number of hydrogen-bond donors (Lipinski definition) is 2. The Labute approximate surface area is 226 Å². The van der Waals surface area contributed by atoms with Gasteiger partial charge >= 0.3 is 0 Å². The fraction of sp³-hybridized carbons (Fsp3) is 0.214. The van der Waals surface area contributed by atoms with E-state index >= 15 is 0 Å². The van der Waals surface area contributed by atoms with Crippen molar-refractivity contribution in [1.82, 2.24) is 19.9 Å². The highest BCUT2D eigenvalue weighted by atomic mass is 32.1. The second-order valence-corrected chi connectivity index (χ2v) is 9.17. The molecule has 5 rings (SSSR count). The van der Waals surface area contributed by atoms with Crippen LogP contribution in [0.3, 0.4) is 0 Å². The van der Waals surface area contributed by atoms with Gasteiger partial charge in [-0.25, -0.2) is 0 Å². The van der Waals surface area contributed by atoms with Crippen LogP contribution in [0.5, 0.6) is 5.75 Å². The number of aromatic nitrogens is 3. The zero-order valence-corrected chi connectivity index (χ0v) is 21.9. The molecule has 2 N–H and O–H groups in total. The molecule has 3 aromatic heterocycles. The summed E-state index contributed by atoms with van der Waals surface area (Å²) in [7, 11) is 3.04. The third-order valence-corrected chi connectivity index (χ3v) is 6.67. The number of methoxy groups -OCH3 is 2. The molecule has 4 heterocycles. The Morgan fingerprint density at radius 3 is 2.74 bits per heavy atom. The third-order valence-electron chi connectivity index (χ3n) is 6.35. The van der Waals surface area contributed by atoms with Gasteiger partial charge in [0.25, 0.3) is 0 Å². The molecule has 1 saturated heterocycles. The maximum atomic E-state index is 12.3. The molecule has 0 unspecified atom stereocenters. The van der Waals surface area contributed by atoms with Crippen LogP contribution in [0.4, 0.5) is 11.4 Å². The summed E-state index contributed by atoms with van der Waals surface area (Å²) in [4.78, 5) is 23.3. The highest BCUT2D eigenvalue weighted by Gasteiger charge is 2.42. The number of pyridine rings is 2. The molecule has 9 nitrogen and oxygen atoms in total. The SMILES string of the molecule is COCC(=O)Nc1cc(N2C(=S)N[C@H](c3ccccn3)[C@@H]2c2cccn2Cc2cccnc2)ccc1OC. The van der Waals surface area contributed by atoms with Gasteiger partial charge in [-0.15, -0.1) is 0 Å². The van der Waals surface area contributed by atoms with Crippen molar-refractivity contribution in [2.24, 2.45) is 0 Å². The van der Waals surface area contributed by atoms with Crippen LogP contribution in [0, 0.1) is 0 Å². The van der Waals surface area contributed by atoms with Crippen molar-refractivity contribution >= 4 is 34.6 Å². The first-order valence-corrected chi connectivity index (χ1v) is 12.5. The molecular formula is C28H28N6O3S. The van der Waals surface area contributed by atoms with Gasteiger partial charge in [-0.05, 0) is 66.3 Å². The van der Waals surface area contributed by atoms with E-state index in [1.165, 1.54) is 7.11 Å². The van der Waals surface area contributed by atoms with Crippen LogP contribution in [-0.2, 0) is 16.1 Å². The van der Waals surface area contributed by atoms with E-state index in [1.54, 1.807) is 19.5 Å². The van der Waals surface area contributed by atoms with Crippen molar-refractivity contribution in [2.75, 3.05) is 31.0 Å². The monoisotopic (exact) mass is 528 g/mol. The van der Waals surface area contributed by atoms with E-state index < -0.39 is 0 Å². The predicted molar refractivity (Wildman–Crippen MR) is 149 cm³/mol. The number of nitrogens with one attached hydrogen (secondary N) is 2. The lowest BCUT2D eigenvalue weighted by Gasteiger charge is -2.29. The van der Waals surface area contributed by atoms with E-state index in [0.717, 1.165) is 22.6 Å². The summed E-state index contributed by atoms with van der Waals surface area (Å²) in [5.41, 5.74) is 4.34. The number of anilines is 2. The van der Waals surface area contributed by atoms with Crippen LogP contribution in [0.1, 0.15) is 29.0 Å². The average Bonchev–Trinajstić information content (AvgIpc) is 3.53. The average molecular weight is 529 g/mol. The molecule has 0 radical (unpaired) electrons. The third kappa shape index (κ3) is 5.22. The van der Waals surface area contributed by atoms with Crippen molar-refractivity contribution < 1.29 is 14.3 Å². The zero-order valence-electron chi connectivity index (χ0n) is 21.1. The lowest BCUT2D eigenvalue weighted by Crippen LogP contribution is -2.30. The van der Waals surface area contributed by atoms with Crippen molar-refractivity contribution in [3.8, 4) is 5.75 Å². The molecule has 1 aliphatic rings. The molecule has 0 spiro atoms. The Morgan fingerprint density at radius 1 is 1.11 bits per heavy atom. The molecule has 1 fully saturated rings. The second kappa shape index (κ2) is 11.4. The Hall–Kier alpha value is -4.28. The van der Waals surface area contributed by atoms with E-state index in [0.29, 0.717) is 23.1 Å². The molecule has 4 aromatic rings. The molecule has 0 bridgehead atoms. The highest BCUT2D eigenvalue weighted by molar-refractivity contribution is 7.80. The maximum Gasteiger partial charge on any atom is 0.250 e. The minimum atomic E-state index is -0.279. The van der Waals surface area contributed by atoms with Gasteiger partial charge in [0, 0.05) is 49.8 Å². The van der Waals surface area contributed by atoms with Crippen molar-refractivity contribution in [1.29, 1.82) is 0 Å². The maximum absolute atomic E-state index is 12.3. The first-order chi connectivity index (χ1) is 18.6. The normalized spacial score (nSPS) is 16.8. The molecule has 0 saturated carbocycles. The number of ether oxygens (including phenoxy) is 2. The van der Waals surface area contributed by atoms with Gasteiger partial charge in [0.15, 0.2) is 5.11 Å². The molecule has 1 amide bonds. The predicted octanol–water partition coefficient (Wildman–Crippen LogP) is 4.10. The summed E-state index contributed by atoms with van der Waals surface area (Å²) in [5, 5.41) is 6.92. The number of nitrogens with zero attached hydrogens (tertiary/aromatic N) is 4. The summed E-state index contributed by atoms with van der Waals surface area (Å²) >= 11 is 5.89. The minimum absolute atomic E-state index is 0.0662. The summed E-state index contributed by atoms with van der Waals surface area (Å²) < 4.78 is 12.7. The van der Waals surface area contributed by atoms with Gasteiger partial charge in [-0.2, -0.15) is 0 Å². The largest absolute Gasteiger partial charge is 0.495 e. The van der Waals surface area contributed by atoms with Crippen molar-refractivity contribution in [3.63, 3.8) is 0 Å². The number of thiocarbonyl (C=S) groups is 1. The van der Waals surface area contributed by atoms with Gasteiger partial charge in [-0.3, -0.25) is 14.8 Å². The van der Waals surface area contributed by atoms with Crippen LogP contribution >= 0.6 is 12.2 Å². The van der Waals surface area contributed by atoms with Crippen LogP contribution < -0.4 is 20.3 Å². The van der Waals surface area contributed by atoms with E-state index in [4.69, 9.17) is 21.7 Å². The first kappa shape index (κ1) is 25.4. The quantitative estimate of drug-likeness (QED) is 0.314. The van der Waals surface area contributed by atoms with Crippen LogP contribution in [0.2, 0.25) is 0 Å². The Kier molecular flexibility index (Phi) is 7.62. The molecule has 38 heavy (non-hydrogen) atoms. The van der Waals surface area contributed by atoms with Crippen LogP contribution in [-0.4, -0.2) is 46.4 Å². The van der Waals surface area contributed by atoms with Crippen molar-refractivity contribution in [3.05, 3.63) is 102 Å². The minimum Gasteiger partial charge on any atom is -0.495 e. The zero-order chi connectivity index (χ0) is 26.5. The summed E-state index contributed by atoms with van der Waals surface area (Å²) in [5.74, 6) is 0.257. The fourth-order valence-corrected chi connectivity index (χ4v) is 5.07. The van der Waals surface area contributed by atoms with Crippen molar-refractivity contribution in [2.45, 2.75) is 18.6 Å². The Morgan fingerprint density at radius 2 is 2.00 bits per heavy atom. The van der Waals surface area contributed by atoms with Crippen LogP contribution in [0.15, 0.2) is 85.5 Å². The lowest BCUT2D eigenvalue weighted by molar-refractivity contribution is -0.119. The number of carbonyl (C=O) groups excluding carboxylic acids is 1. The summed E-state index contributed by atoms with van der Waals surface area (Å²) in [6.45, 7) is 0.590. The number of rotatable bonds is 9. The molecular weight excluding hydrogens is 500 g/mol. The van der Waals surface area contributed by atoms with Gasteiger partial charge in [0.1, 0.15) is 18.4 Å². The number of benzene rings is 1. The van der Waals surface area contributed by atoms with E-state index in [2.05, 4.69) is 48.4 Å². The molecule has 10 heteroatoms. The number of hydrogen-bond acceptors (Lipinski definition) is 6. The topological polar surface area (TPSA) is 93.5 Å². The molecule has 194 valence electrons. The molecule has 0 aliphatic carbocycles. The summed E-state index contributed by atoms with van der Waals surface area (Å²) in [6.07, 6.45) is 7.48. The second-order valence-electron chi connectivity index (χ2n) is 8.78. The smallest absolute Gasteiger partial charge is 0.250 e. The fourth-order valence-electron chi connectivity index (χ4n) is 4.72.